The number of ether oxygens (including phenoxy) is 1. The Bertz CT molecular complexity index is 961. The third-order valence-corrected chi connectivity index (χ3v) is 4.79. The van der Waals surface area contributed by atoms with Gasteiger partial charge in [-0.25, -0.2) is 4.98 Å². The van der Waals surface area contributed by atoms with Crippen molar-refractivity contribution in [2.75, 3.05) is 5.75 Å². The fourth-order valence-electron chi connectivity index (χ4n) is 2.54. The number of nitrogens with one attached hydrogen (secondary N) is 2. The van der Waals surface area contributed by atoms with E-state index < -0.39 is 0 Å². The van der Waals surface area contributed by atoms with Crippen LogP contribution in [-0.4, -0.2) is 21.6 Å². The van der Waals surface area contributed by atoms with E-state index in [0.29, 0.717) is 16.6 Å². The molecule has 1 aromatic heterocycles. The van der Waals surface area contributed by atoms with Gasteiger partial charge in [0.2, 0.25) is 5.91 Å². The number of rotatable bonds is 8. The summed E-state index contributed by atoms with van der Waals surface area (Å²) in [7, 11) is 0. The first-order valence-electron chi connectivity index (χ1n) is 8.85. The molecule has 0 saturated heterocycles. The zero-order valence-electron chi connectivity index (χ0n) is 15.4. The number of hydrogen-bond donors (Lipinski definition) is 2. The monoisotopic (exact) mass is 395 g/mol. The van der Waals surface area contributed by atoms with Crippen LogP contribution in [0, 0.1) is 0 Å². The molecule has 2 aromatic carbocycles. The maximum atomic E-state index is 12.2. The van der Waals surface area contributed by atoms with E-state index in [1.807, 2.05) is 67.6 Å². The zero-order valence-corrected chi connectivity index (χ0v) is 16.2. The predicted molar refractivity (Wildman–Crippen MR) is 109 cm³/mol. The van der Waals surface area contributed by atoms with Gasteiger partial charge in [0, 0.05) is 6.07 Å². The molecule has 2 N–H and O–H groups in total. The first-order valence-corrected chi connectivity index (χ1v) is 9.84. The van der Waals surface area contributed by atoms with Crippen molar-refractivity contribution in [2.45, 2.75) is 24.7 Å². The number of benzene rings is 2. The van der Waals surface area contributed by atoms with Crippen LogP contribution in [-0.2, 0) is 11.4 Å². The highest BCUT2D eigenvalue weighted by Crippen LogP contribution is 2.15. The topological polar surface area (TPSA) is 84.1 Å². The Morgan fingerprint density at radius 2 is 1.82 bits per heavy atom. The second-order valence-electron chi connectivity index (χ2n) is 6.13. The Labute approximate surface area is 167 Å². The van der Waals surface area contributed by atoms with Crippen molar-refractivity contribution in [3.05, 3.63) is 88.3 Å². The molecular weight excluding hydrogens is 374 g/mol. The molecule has 0 aliphatic carbocycles. The Kier molecular flexibility index (Phi) is 6.86. The Hall–Kier alpha value is -3.06. The van der Waals surface area contributed by atoms with Crippen LogP contribution in [0.25, 0.3) is 0 Å². The van der Waals surface area contributed by atoms with Crippen molar-refractivity contribution in [3.63, 3.8) is 0 Å². The molecule has 3 aromatic rings. The summed E-state index contributed by atoms with van der Waals surface area (Å²) in [4.78, 5) is 31.1. The third-order valence-electron chi connectivity index (χ3n) is 3.92. The van der Waals surface area contributed by atoms with Gasteiger partial charge in [0.15, 0.2) is 5.16 Å². The van der Waals surface area contributed by atoms with Gasteiger partial charge in [-0.05, 0) is 24.6 Å². The minimum atomic E-state index is -0.276. The smallest absolute Gasteiger partial charge is 0.251 e. The van der Waals surface area contributed by atoms with Gasteiger partial charge < -0.3 is 15.0 Å². The van der Waals surface area contributed by atoms with Gasteiger partial charge >= 0.3 is 0 Å². The molecule has 0 spiro atoms. The van der Waals surface area contributed by atoms with E-state index in [0.717, 1.165) is 5.56 Å². The molecule has 1 heterocycles. The summed E-state index contributed by atoms with van der Waals surface area (Å²) in [6.45, 7) is 2.11. The summed E-state index contributed by atoms with van der Waals surface area (Å²) in [5, 5.41) is 3.33. The van der Waals surface area contributed by atoms with Crippen LogP contribution < -0.4 is 15.6 Å². The molecule has 7 heteroatoms. The van der Waals surface area contributed by atoms with Crippen LogP contribution in [0.1, 0.15) is 24.2 Å². The van der Waals surface area contributed by atoms with Crippen molar-refractivity contribution in [1.82, 2.24) is 15.3 Å². The van der Waals surface area contributed by atoms with Crippen molar-refractivity contribution in [1.29, 1.82) is 0 Å². The van der Waals surface area contributed by atoms with Crippen LogP contribution in [0.2, 0.25) is 0 Å². The van der Waals surface area contributed by atoms with Gasteiger partial charge in [-0.3, -0.25) is 9.59 Å². The van der Waals surface area contributed by atoms with Gasteiger partial charge in [0.05, 0.1) is 17.5 Å². The van der Waals surface area contributed by atoms with Crippen molar-refractivity contribution in [3.8, 4) is 5.75 Å². The fourth-order valence-corrected chi connectivity index (χ4v) is 3.25. The second kappa shape index (κ2) is 9.75. The van der Waals surface area contributed by atoms with E-state index in [1.54, 1.807) is 0 Å². The van der Waals surface area contributed by atoms with E-state index >= 15 is 0 Å². The number of aromatic amines is 1. The van der Waals surface area contributed by atoms with Crippen LogP contribution in [0.5, 0.6) is 5.75 Å². The van der Waals surface area contributed by atoms with Gasteiger partial charge in [-0.2, -0.15) is 0 Å². The van der Waals surface area contributed by atoms with E-state index in [4.69, 9.17) is 4.74 Å². The average molecular weight is 395 g/mol. The SMILES string of the molecule is CC(NC(=O)CSc1nc(COc2ccccc2)cc(=O)[nH]1)c1ccccc1. The van der Waals surface area contributed by atoms with Gasteiger partial charge in [0.1, 0.15) is 12.4 Å². The lowest BCUT2D eigenvalue weighted by molar-refractivity contribution is -0.119. The lowest BCUT2D eigenvalue weighted by Gasteiger charge is -2.14. The molecule has 144 valence electrons. The minimum Gasteiger partial charge on any atom is -0.487 e. The summed E-state index contributed by atoms with van der Waals surface area (Å²) in [6.07, 6.45) is 0. The number of thioether (sulfide) groups is 1. The highest BCUT2D eigenvalue weighted by atomic mass is 32.2. The Balaban J connectivity index is 1.54. The number of para-hydroxylation sites is 1. The van der Waals surface area contributed by atoms with Crippen LogP contribution in [0.15, 0.2) is 76.7 Å². The molecule has 1 atom stereocenters. The molecule has 1 unspecified atom stereocenters. The average Bonchev–Trinajstić information content (AvgIpc) is 2.72. The number of H-pyrrole nitrogens is 1. The van der Waals surface area contributed by atoms with E-state index in [9.17, 15) is 9.59 Å². The first-order chi connectivity index (χ1) is 13.6. The molecule has 0 radical (unpaired) electrons. The molecule has 28 heavy (non-hydrogen) atoms. The van der Waals surface area contributed by atoms with Gasteiger partial charge in [0.25, 0.3) is 5.56 Å². The lowest BCUT2D eigenvalue weighted by Crippen LogP contribution is -2.28. The van der Waals surface area contributed by atoms with Crippen molar-refractivity contribution < 1.29 is 9.53 Å². The Morgan fingerprint density at radius 3 is 2.54 bits per heavy atom. The van der Waals surface area contributed by atoms with E-state index in [-0.39, 0.29) is 29.9 Å². The molecule has 0 aliphatic heterocycles. The molecule has 0 bridgehead atoms. The predicted octanol–water partition coefficient (Wildman–Crippen LogP) is 3.32. The molecule has 0 fully saturated rings. The summed E-state index contributed by atoms with van der Waals surface area (Å²) < 4.78 is 5.63. The number of aromatic nitrogens is 2. The van der Waals surface area contributed by atoms with Crippen molar-refractivity contribution >= 4 is 17.7 Å². The molecule has 6 nitrogen and oxygen atoms in total. The van der Waals surface area contributed by atoms with Crippen LogP contribution in [0.3, 0.4) is 0 Å². The maximum Gasteiger partial charge on any atom is 0.251 e. The van der Waals surface area contributed by atoms with E-state index in [2.05, 4.69) is 15.3 Å². The highest BCUT2D eigenvalue weighted by Gasteiger charge is 2.11. The second-order valence-corrected chi connectivity index (χ2v) is 7.10. The molecule has 0 saturated carbocycles. The summed E-state index contributed by atoms with van der Waals surface area (Å²) in [5.41, 5.74) is 1.27. The first kappa shape index (κ1) is 19.7. The number of hydrogen-bond acceptors (Lipinski definition) is 5. The number of nitrogens with zero attached hydrogens (tertiary/aromatic N) is 1. The third kappa shape index (κ3) is 5.99. The minimum absolute atomic E-state index is 0.0908. The van der Waals surface area contributed by atoms with Gasteiger partial charge in [-0.15, -0.1) is 0 Å². The van der Waals surface area contributed by atoms with Crippen LogP contribution >= 0.6 is 11.8 Å². The number of carbonyl (C=O) groups is 1. The zero-order chi connectivity index (χ0) is 19.8. The Morgan fingerprint density at radius 1 is 1.14 bits per heavy atom. The number of amides is 1. The molecule has 1 amide bonds. The largest absolute Gasteiger partial charge is 0.487 e. The quantitative estimate of drug-likeness (QED) is 0.452. The highest BCUT2D eigenvalue weighted by molar-refractivity contribution is 7.99. The number of carbonyl (C=O) groups excluding carboxylic acids is 1. The summed E-state index contributed by atoms with van der Waals surface area (Å²) >= 11 is 1.18. The molecular formula is C21H21N3O3S. The van der Waals surface area contributed by atoms with E-state index in [1.165, 1.54) is 17.8 Å². The lowest BCUT2D eigenvalue weighted by atomic mass is 10.1. The maximum absolute atomic E-state index is 12.2. The normalized spacial score (nSPS) is 11.6. The molecule has 3 rings (SSSR count). The standard InChI is InChI=1S/C21H21N3O3S/c1-15(16-8-4-2-5-9-16)22-20(26)14-28-21-23-17(12-19(25)24-21)13-27-18-10-6-3-7-11-18/h2-12,15H,13-14H2,1H3,(H,22,26)(H,23,24,25). The van der Waals surface area contributed by atoms with Crippen LogP contribution in [0.4, 0.5) is 0 Å². The molecule has 0 aliphatic rings. The van der Waals surface area contributed by atoms with Crippen molar-refractivity contribution in [2.24, 2.45) is 0 Å². The van der Waals surface area contributed by atoms with Gasteiger partial charge in [-0.1, -0.05) is 60.3 Å². The fraction of sp³-hybridized carbons (Fsp3) is 0.190. The summed E-state index contributed by atoms with van der Waals surface area (Å²) in [5.74, 6) is 0.728. The summed E-state index contributed by atoms with van der Waals surface area (Å²) in [6, 6.07) is 20.4.